The van der Waals surface area contributed by atoms with Gasteiger partial charge in [0.05, 0.1) is 17.7 Å². The fourth-order valence-electron chi connectivity index (χ4n) is 3.79. The minimum Gasteiger partial charge on any atom is -0.331 e. The van der Waals surface area contributed by atoms with Crippen LogP contribution >= 0.6 is 12.2 Å². The van der Waals surface area contributed by atoms with Crippen molar-refractivity contribution in [2.75, 3.05) is 5.32 Å². The van der Waals surface area contributed by atoms with Gasteiger partial charge in [-0.05, 0) is 63.4 Å². The maximum Gasteiger partial charge on any atom is 0.182 e. The Morgan fingerprint density at radius 3 is 2.79 bits per heavy atom. The molecule has 0 spiro atoms. The number of hydrogen-bond donors (Lipinski definition) is 1. The smallest absolute Gasteiger partial charge is 0.182 e. The fraction of sp³-hybridized carbons (Fsp3) is 0.292. The van der Waals surface area contributed by atoms with E-state index in [-0.39, 0.29) is 16.8 Å². The highest BCUT2D eigenvalue weighted by Gasteiger charge is 2.26. The Kier molecular flexibility index (Phi) is 5.49. The van der Waals surface area contributed by atoms with E-state index in [4.69, 9.17) is 12.2 Å². The van der Waals surface area contributed by atoms with Gasteiger partial charge in [0.15, 0.2) is 5.82 Å². The number of pyridine rings is 1. The van der Waals surface area contributed by atoms with Crippen LogP contribution in [0.3, 0.4) is 0 Å². The monoisotopic (exact) mass is 461 g/mol. The highest BCUT2D eigenvalue weighted by atomic mass is 32.1. The number of nitrogens with zero attached hydrogens (tertiary/aromatic N) is 6. The summed E-state index contributed by atoms with van der Waals surface area (Å²) in [4.78, 5) is 9.39. The average Bonchev–Trinajstić information content (AvgIpc) is 3.31. The molecule has 0 bridgehead atoms. The van der Waals surface area contributed by atoms with Crippen molar-refractivity contribution in [2.45, 2.75) is 45.6 Å². The van der Waals surface area contributed by atoms with Crippen LogP contribution < -0.4 is 5.32 Å². The summed E-state index contributed by atoms with van der Waals surface area (Å²) in [5.74, 6) is 1.34. The van der Waals surface area contributed by atoms with Crippen molar-refractivity contribution >= 4 is 23.0 Å². The Morgan fingerprint density at radius 1 is 1.21 bits per heavy atom. The molecule has 0 unspecified atom stereocenters. The molecule has 1 fully saturated rings. The lowest BCUT2D eigenvalue weighted by atomic mass is 10.1. The van der Waals surface area contributed by atoms with E-state index < -0.39 is 0 Å². The van der Waals surface area contributed by atoms with Crippen LogP contribution in [0.15, 0.2) is 49.2 Å². The first-order valence-corrected chi connectivity index (χ1v) is 11.3. The Hall–Kier alpha value is -3.46. The molecule has 9 heteroatoms. The van der Waals surface area contributed by atoms with Crippen molar-refractivity contribution in [3.8, 4) is 17.2 Å². The topological polar surface area (TPSA) is 73.5 Å². The van der Waals surface area contributed by atoms with Gasteiger partial charge in [-0.25, -0.2) is 14.4 Å². The van der Waals surface area contributed by atoms with Crippen molar-refractivity contribution in [2.24, 2.45) is 0 Å². The first-order valence-electron chi connectivity index (χ1n) is 10.9. The number of rotatable bonds is 6. The van der Waals surface area contributed by atoms with Crippen molar-refractivity contribution in [1.29, 1.82) is 0 Å². The molecule has 0 atom stereocenters. The lowest BCUT2D eigenvalue weighted by Crippen LogP contribution is -2.15. The van der Waals surface area contributed by atoms with Crippen LogP contribution in [0.25, 0.3) is 17.2 Å². The first-order chi connectivity index (χ1) is 15.9. The second-order valence-corrected chi connectivity index (χ2v) is 9.02. The predicted octanol–water partition coefficient (Wildman–Crippen LogP) is 5.22. The molecule has 0 aliphatic heterocycles. The Morgan fingerprint density at radius 2 is 2.03 bits per heavy atom. The van der Waals surface area contributed by atoms with E-state index in [1.807, 2.05) is 34.4 Å². The third kappa shape index (κ3) is 4.28. The zero-order valence-corrected chi connectivity index (χ0v) is 19.5. The molecule has 1 aliphatic rings. The Balaban J connectivity index is 1.42. The van der Waals surface area contributed by atoms with E-state index in [9.17, 15) is 4.39 Å². The molecule has 7 nitrogen and oxygen atoms in total. The van der Waals surface area contributed by atoms with Crippen molar-refractivity contribution in [3.05, 3.63) is 71.8 Å². The van der Waals surface area contributed by atoms with Gasteiger partial charge in [0, 0.05) is 23.7 Å². The van der Waals surface area contributed by atoms with E-state index in [1.54, 1.807) is 24.8 Å². The van der Waals surface area contributed by atoms with Gasteiger partial charge in [0.2, 0.25) is 0 Å². The first kappa shape index (κ1) is 21.4. The molecular weight excluding hydrogens is 437 g/mol. The maximum absolute atomic E-state index is 14.9. The summed E-state index contributed by atoms with van der Waals surface area (Å²) < 4.78 is 18.8. The molecule has 33 heavy (non-hydrogen) atoms. The molecule has 1 aliphatic carbocycles. The minimum absolute atomic E-state index is 0.193. The summed E-state index contributed by atoms with van der Waals surface area (Å²) in [6.45, 7) is 5.98. The highest BCUT2D eigenvalue weighted by molar-refractivity contribution is 7.81. The molecule has 3 aromatic heterocycles. The lowest BCUT2D eigenvalue weighted by molar-refractivity contribution is 0.603. The van der Waals surface area contributed by atoms with Gasteiger partial charge < -0.3 is 14.5 Å². The number of nitrogens with one attached hydrogen (secondary N) is 1. The number of anilines is 1. The molecule has 1 saturated carbocycles. The minimum atomic E-state index is -0.382. The summed E-state index contributed by atoms with van der Waals surface area (Å²) in [6.07, 6.45) is 7.84. The van der Waals surface area contributed by atoms with Crippen LogP contribution in [0, 0.1) is 12.7 Å². The van der Waals surface area contributed by atoms with Crippen LogP contribution in [0.2, 0.25) is 0 Å². The summed E-state index contributed by atoms with van der Waals surface area (Å²) >= 11 is 5.56. The van der Waals surface area contributed by atoms with E-state index in [1.165, 1.54) is 18.9 Å². The van der Waals surface area contributed by atoms with Gasteiger partial charge >= 0.3 is 0 Å². The summed E-state index contributed by atoms with van der Waals surface area (Å²) in [5.41, 5.74) is 3.71. The van der Waals surface area contributed by atoms with Gasteiger partial charge in [0.1, 0.15) is 28.6 Å². The van der Waals surface area contributed by atoms with E-state index in [2.05, 4.69) is 39.3 Å². The van der Waals surface area contributed by atoms with E-state index >= 15 is 0 Å². The SMILES string of the molecule is Cc1cc(F)c(C(=S)Nc2cccc(-c3nncn3C(C)C)n2)cc1-n1cnc(C2CC2)c1. The molecule has 0 radical (unpaired) electrons. The number of hydrogen-bond acceptors (Lipinski definition) is 5. The quantitative estimate of drug-likeness (QED) is 0.397. The number of aryl methyl sites for hydroxylation is 1. The van der Waals surface area contributed by atoms with Crippen LogP contribution in [-0.2, 0) is 0 Å². The number of aromatic nitrogens is 6. The van der Waals surface area contributed by atoms with Crippen LogP contribution in [0.5, 0.6) is 0 Å². The number of halogens is 1. The molecule has 0 amide bonds. The largest absolute Gasteiger partial charge is 0.331 e. The Bertz CT molecular complexity index is 1340. The Labute approximate surface area is 196 Å². The third-order valence-corrected chi connectivity index (χ3v) is 6.08. The molecule has 1 N–H and O–H groups in total. The molecular formula is C24H24FN7S. The van der Waals surface area contributed by atoms with Gasteiger partial charge in [-0.3, -0.25) is 0 Å². The van der Waals surface area contributed by atoms with Gasteiger partial charge in [-0.1, -0.05) is 18.3 Å². The highest BCUT2D eigenvalue weighted by Crippen LogP contribution is 2.39. The summed E-state index contributed by atoms with van der Waals surface area (Å²) in [6, 6.07) is 8.96. The van der Waals surface area contributed by atoms with Crippen LogP contribution in [-0.4, -0.2) is 34.3 Å². The third-order valence-electron chi connectivity index (χ3n) is 5.76. The number of benzene rings is 1. The maximum atomic E-state index is 14.9. The van der Waals surface area contributed by atoms with Crippen molar-refractivity contribution in [3.63, 3.8) is 0 Å². The second-order valence-electron chi connectivity index (χ2n) is 8.62. The molecule has 4 aromatic rings. The molecule has 1 aromatic carbocycles. The van der Waals surface area contributed by atoms with E-state index in [0.29, 0.717) is 28.8 Å². The molecule has 0 saturated heterocycles. The zero-order valence-electron chi connectivity index (χ0n) is 18.7. The van der Waals surface area contributed by atoms with E-state index in [0.717, 1.165) is 16.9 Å². The van der Waals surface area contributed by atoms with Crippen molar-refractivity contribution in [1.82, 2.24) is 29.3 Å². The summed E-state index contributed by atoms with van der Waals surface area (Å²) in [5, 5.41) is 11.3. The van der Waals surface area contributed by atoms with Gasteiger partial charge in [0.25, 0.3) is 0 Å². The van der Waals surface area contributed by atoms with Gasteiger partial charge in [-0.15, -0.1) is 10.2 Å². The van der Waals surface area contributed by atoms with Gasteiger partial charge in [-0.2, -0.15) is 0 Å². The fourth-order valence-corrected chi connectivity index (χ4v) is 4.05. The zero-order chi connectivity index (χ0) is 23.1. The van der Waals surface area contributed by atoms with Crippen LogP contribution in [0.1, 0.15) is 55.5 Å². The van der Waals surface area contributed by atoms with Crippen LogP contribution in [0.4, 0.5) is 10.2 Å². The number of imidazole rings is 1. The lowest BCUT2D eigenvalue weighted by Gasteiger charge is -2.14. The molecule has 5 rings (SSSR count). The standard InChI is InChI=1S/C24H24FN7S/c1-14(2)32-13-27-30-23(32)19-5-4-6-22(28-19)29-24(33)17-10-21(15(3)9-18(17)25)31-11-20(26-12-31)16-7-8-16/h4-6,9-14,16H,7-8H2,1-3H3,(H,28,29,33). The second kappa shape index (κ2) is 8.47. The molecule has 3 heterocycles. The number of thiocarbonyl (C=S) groups is 1. The normalized spacial score (nSPS) is 13.5. The van der Waals surface area contributed by atoms with Crippen molar-refractivity contribution < 1.29 is 4.39 Å². The summed E-state index contributed by atoms with van der Waals surface area (Å²) in [7, 11) is 0. The molecule has 168 valence electrons. The average molecular weight is 462 g/mol. The predicted molar refractivity (Wildman–Crippen MR) is 129 cm³/mol.